The third kappa shape index (κ3) is 28.5. The summed E-state index contributed by atoms with van der Waals surface area (Å²) in [6.45, 7) is 39.2. The smallest absolute Gasteiger partial charge is 0.405 e. The molecule has 14 heterocycles. The van der Waals surface area contributed by atoms with Gasteiger partial charge in [0.25, 0.3) is 0 Å². The Bertz CT molecular complexity index is 5850. The van der Waals surface area contributed by atoms with Crippen LogP contribution in [-0.2, 0) is 72.8 Å². The van der Waals surface area contributed by atoms with Crippen molar-refractivity contribution in [3.05, 3.63) is 177 Å². The molecule has 6 aromatic heterocycles. The summed E-state index contributed by atoms with van der Waals surface area (Å²) in [5, 5.41) is 15.8. The van der Waals surface area contributed by atoms with E-state index in [0.29, 0.717) is 67.8 Å². The van der Waals surface area contributed by atoms with Gasteiger partial charge in [0.05, 0.1) is 145 Å². The lowest BCUT2D eigenvalue weighted by atomic mass is 9.49. The predicted molar refractivity (Wildman–Crippen MR) is 538 cm³/mol. The molecule has 770 valence electrons. The van der Waals surface area contributed by atoms with Gasteiger partial charge in [0.15, 0.2) is 12.2 Å². The number of pyridine rings is 3. The number of morpholine rings is 4. The van der Waals surface area contributed by atoms with Crippen LogP contribution in [0.25, 0.3) is 56.0 Å². The molecule has 4 aromatic carbocycles. The lowest BCUT2D eigenvalue weighted by Gasteiger charge is -2.33. The fourth-order valence-electron chi connectivity index (χ4n) is 15.7. The third-order valence-corrected chi connectivity index (χ3v) is 27.2. The molecule has 0 radical (unpaired) electrons. The van der Waals surface area contributed by atoms with E-state index in [1.54, 1.807) is 64.8 Å². The van der Waals surface area contributed by atoms with E-state index in [2.05, 4.69) is 61.0 Å². The number of benzene rings is 4. The fraction of sp³-hybridized carbons (Fsp3) is 0.495. The summed E-state index contributed by atoms with van der Waals surface area (Å²) in [5.41, 5.74) is 26.9. The summed E-state index contributed by atoms with van der Waals surface area (Å²) in [6.07, 6.45) is 0.168. The van der Waals surface area contributed by atoms with Crippen LogP contribution in [0.5, 0.6) is 0 Å². The van der Waals surface area contributed by atoms with E-state index in [1.807, 2.05) is 173 Å². The molecule has 18 rings (SSSR count). The van der Waals surface area contributed by atoms with Crippen LogP contribution >= 0.6 is 39.9 Å². The van der Waals surface area contributed by atoms with Crippen LogP contribution in [0.2, 0.25) is 5.02 Å². The summed E-state index contributed by atoms with van der Waals surface area (Å²) in [6, 6.07) is 22.6. The number of hydrogen-bond acceptors (Lipinski definition) is 24. The molecule has 8 aliphatic rings. The summed E-state index contributed by atoms with van der Waals surface area (Å²) in [7, 11) is 4.11. The van der Waals surface area contributed by atoms with Crippen molar-refractivity contribution in [2.45, 2.75) is 188 Å². The third-order valence-electron chi connectivity index (χ3n) is 26.1. The Morgan fingerprint density at radius 2 is 0.803 bits per heavy atom. The fourth-order valence-corrected chi connectivity index (χ4v) is 16.3. The Kier molecular flexibility index (Phi) is 37.0. The van der Waals surface area contributed by atoms with Crippen LogP contribution in [0.3, 0.4) is 0 Å². The molecular weight excluding hydrogens is 1970 g/mol. The number of rotatable bonds is 11. The van der Waals surface area contributed by atoms with E-state index < -0.39 is 86.9 Å². The Balaban J connectivity index is 0.000000166. The Hall–Kier alpha value is -9.86. The highest BCUT2D eigenvalue weighted by molar-refractivity contribution is 9.10. The number of nitrogens with zero attached hydrogens (tertiary/aromatic N) is 13. The second kappa shape index (κ2) is 46.7. The van der Waals surface area contributed by atoms with Crippen LogP contribution in [-0.4, -0.2) is 240 Å². The van der Waals surface area contributed by atoms with Gasteiger partial charge in [-0.25, -0.2) is 37.3 Å². The van der Waals surface area contributed by atoms with Gasteiger partial charge in [-0.15, -0.1) is 12.4 Å². The van der Waals surface area contributed by atoms with Crippen molar-refractivity contribution in [3.8, 4) is 56.0 Å². The number of aryl methyl sites for hydroxylation is 7. The van der Waals surface area contributed by atoms with Crippen molar-refractivity contribution in [3.63, 3.8) is 0 Å². The maximum Gasteiger partial charge on any atom is 0.495 e. The van der Waals surface area contributed by atoms with Gasteiger partial charge in [0, 0.05) is 118 Å². The number of ether oxygens (including phenoxy) is 5. The summed E-state index contributed by atoms with van der Waals surface area (Å²) in [4.78, 5) is 34.6. The molecule has 10 aromatic rings. The number of amides is 2. The minimum absolute atomic E-state index is 0. The highest BCUT2D eigenvalue weighted by Gasteiger charge is 2.64. The highest BCUT2D eigenvalue weighted by atomic mass is 79.9. The first-order valence-electron chi connectivity index (χ1n) is 46.3. The van der Waals surface area contributed by atoms with Gasteiger partial charge < -0.3 is 93.7 Å². The Morgan fingerprint density at radius 1 is 0.437 bits per heavy atom. The minimum atomic E-state index is -4.60. The van der Waals surface area contributed by atoms with Crippen LogP contribution in [0, 0.1) is 51.0 Å². The molecule has 8 aliphatic heterocycles. The number of hydrogen-bond donors (Lipinski definition) is 4. The van der Waals surface area contributed by atoms with E-state index >= 15 is 0 Å². The molecule has 142 heavy (non-hydrogen) atoms. The lowest BCUT2D eigenvalue weighted by Crippen LogP contribution is -2.52. The van der Waals surface area contributed by atoms with E-state index in [4.69, 9.17) is 85.6 Å². The second-order valence-corrected chi connectivity index (χ2v) is 39.7. The van der Waals surface area contributed by atoms with E-state index in [1.165, 1.54) is 30.3 Å². The molecule has 7 N–H and O–H groups in total. The second-order valence-electron chi connectivity index (χ2n) is 38.4. The van der Waals surface area contributed by atoms with Crippen molar-refractivity contribution >= 4 is 113 Å². The number of nitrogens with two attached hydrogens (primary N) is 3. The normalized spacial score (nSPS) is 19.4. The number of aromatic nitrogens is 9. The molecule has 8 fully saturated rings. The SMILES string of the molecule is CC1(C)OB(B2OC(C)(C)C(C)(C)O2)OC1(C)C.Cc1cc(F)c(N)cc1-c1cc(-c2cnn(C)c2)nc(N2CCOCC2)c1.Cc1cc(F)c(N)cc1B1OC(C)(C)C(C)(C)O1.Cc1cc(F)c(N)cc1Br.Cc1cc(F)c(NC(=O)N2CCO[C@H](C(F)(F)F)C2)cc1-c1cc(-c2cnn(C)c2)nc(N2CCOCC2)c1.Cl.Cn1cc(-c2cc(Cl)cc(N3CCOCC3)n2)cn1.FC(F)(F)[C@@H]1CCCCO1. The number of anilines is 7. The van der Waals surface area contributed by atoms with Gasteiger partial charge in [-0.3, -0.25) is 14.0 Å². The molecule has 29 nitrogen and oxygen atoms in total. The van der Waals surface area contributed by atoms with Crippen LogP contribution in [0.1, 0.15) is 125 Å². The molecule has 2 atom stereocenters. The molecule has 0 unspecified atom stereocenters. The van der Waals surface area contributed by atoms with Crippen molar-refractivity contribution in [2.24, 2.45) is 21.1 Å². The number of nitrogens with one attached hydrogen (secondary N) is 1. The first kappa shape index (κ1) is 112. The average Bonchev–Trinajstić information content (AvgIpc) is 1.60. The number of carbonyl (C=O) groups excluding carboxylic acids is 1. The van der Waals surface area contributed by atoms with Gasteiger partial charge in [-0.05, 0) is 265 Å². The number of urea groups is 1. The Labute approximate surface area is 842 Å². The zero-order valence-corrected chi connectivity index (χ0v) is 86.4. The molecule has 45 heteroatoms. The number of alkyl halides is 6. The van der Waals surface area contributed by atoms with E-state index in [9.17, 15) is 48.7 Å². The minimum Gasteiger partial charge on any atom is -0.405 e. The quantitative estimate of drug-likeness (QED) is 0.0531. The van der Waals surface area contributed by atoms with Gasteiger partial charge in [0.2, 0.25) is 0 Å². The lowest BCUT2D eigenvalue weighted by molar-refractivity contribution is -0.233. The largest absolute Gasteiger partial charge is 0.495 e. The van der Waals surface area contributed by atoms with Crippen LogP contribution in [0.15, 0.2) is 127 Å². The molecular formula is C97H125B3BrCl2F10N17O12. The average molecular weight is 2090 g/mol. The molecule has 0 saturated carbocycles. The molecule has 0 bridgehead atoms. The van der Waals surface area contributed by atoms with E-state index in [-0.39, 0.29) is 89.6 Å². The summed E-state index contributed by atoms with van der Waals surface area (Å²) >= 11 is 9.43. The van der Waals surface area contributed by atoms with Crippen molar-refractivity contribution in [1.29, 1.82) is 0 Å². The standard InChI is InChI=1S/C26H28F4N6O3.C20H22FN5O.C13H19BFNO2.C13H15ClN4O.C12H24B2O4.C7H7BrFN.C6H9F3O.ClH/c1-16-9-20(27)22(33-25(37)36-5-8-39-23(15-36)26(28,29)30)12-19(16)17-10-21(18-13-31-34(2)14-18)32-24(11-17)35-3-6-38-7-4-35;1-13-7-17(21)18(22)10-16(13)14-8-19(15-11-23-25(2)12-15)24-20(9-14)26-3-5-27-6-4-26;1-8-6-10(15)11(16)7-9(8)14-17-12(2,3)13(4,5)18-14;1-17-9-10(8-15-17)12-6-11(14)7-13(16-12)18-2-4-19-5-3-18;1-9(2)10(3,4)16-13(15-9)14-17-11(5,6)12(7,8)18-14;1-4-2-6(9)7(10)3-5(4)8;7-6(8,9)5-3-1-2-4-10-5;/h9-14,23H,3-8,15H2,1-2H3,(H,33,37);7-12H,3-6,22H2,1-2H3;6-7H,16H2,1-5H3;6-9H,2-5H2,1H3;1-8H3;2-3H,10H2,1H3;5H,1-4H2;1H/t23-;;;;;;5-;/m0.....0./s1. The molecule has 0 spiro atoms. The maximum atomic E-state index is 15.0. The van der Waals surface area contributed by atoms with Crippen LogP contribution in [0.4, 0.5) is 88.9 Å². The van der Waals surface area contributed by atoms with Crippen molar-refractivity contribution < 1.29 is 100 Å². The molecule has 2 amide bonds. The van der Waals surface area contributed by atoms with Crippen molar-refractivity contribution in [2.75, 3.05) is 142 Å². The number of halogens is 13. The van der Waals surface area contributed by atoms with Gasteiger partial charge >= 0.3 is 39.5 Å². The van der Waals surface area contributed by atoms with E-state index in [0.717, 1.165) is 140 Å². The predicted octanol–water partition coefficient (Wildman–Crippen LogP) is 18.5. The van der Waals surface area contributed by atoms with Gasteiger partial charge in [-0.1, -0.05) is 27.5 Å². The van der Waals surface area contributed by atoms with Crippen LogP contribution < -0.4 is 42.7 Å². The zero-order chi connectivity index (χ0) is 103. The zero-order valence-electron chi connectivity index (χ0n) is 83.3. The number of carbonyl (C=O) groups is 1. The maximum absolute atomic E-state index is 15.0. The topological polar surface area (TPSA) is 314 Å². The van der Waals surface area contributed by atoms with Gasteiger partial charge in [0.1, 0.15) is 40.7 Å². The first-order chi connectivity index (χ1) is 66.0. The monoisotopic (exact) mass is 2090 g/mol. The first-order valence-corrected chi connectivity index (χ1v) is 47.5. The summed E-state index contributed by atoms with van der Waals surface area (Å²) in [5.74, 6) is 0.627. The van der Waals surface area contributed by atoms with Crippen molar-refractivity contribution in [1.82, 2.24) is 49.2 Å². The summed E-state index contributed by atoms with van der Waals surface area (Å²) < 4.78 is 197. The van der Waals surface area contributed by atoms with Gasteiger partial charge in [-0.2, -0.15) is 41.6 Å². The number of nitrogen functional groups attached to an aromatic ring is 3. The Morgan fingerprint density at radius 3 is 1.19 bits per heavy atom. The molecule has 0 aliphatic carbocycles. The highest BCUT2D eigenvalue weighted by Crippen LogP contribution is 2.45. The molecule has 8 saturated heterocycles.